The third-order valence-corrected chi connectivity index (χ3v) is 5.39. The standard InChI is InChI=1S/C23H24F2N4O/c1-14(18-8-19(24)20(25)9-22(18)30-17-4-3-5-17)11-27-23-10-21(28-13-29-23)16-7-6-15(2)26-12-16/h6-10,12-14,17H,3-5,11H2,1-2H3,(H,27,28,29). The van der Waals surface area contributed by atoms with Gasteiger partial charge >= 0.3 is 0 Å². The molecule has 5 nitrogen and oxygen atoms in total. The Kier molecular flexibility index (Phi) is 5.88. The van der Waals surface area contributed by atoms with E-state index in [4.69, 9.17) is 4.74 Å². The molecule has 1 saturated carbocycles. The lowest BCUT2D eigenvalue weighted by Crippen LogP contribution is -2.25. The summed E-state index contributed by atoms with van der Waals surface area (Å²) in [5.41, 5.74) is 3.24. The SMILES string of the molecule is Cc1ccc(-c2cc(NCC(C)c3cc(F)c(F)cc3OC3CCC3)ncn2)cn1. The van der Waals surface area contributed by atoms with Crippen molar-refractivity contribution >= 4 is 5.82 Å². The highest BCUT2D eigenvalue weighted by atomic mass is 19.2. The van der Waals surface area contributed by atoms with Crippen molar-refractivity contribution in [1.29, 1.82) is 0 Å². The highest BCUT2D eigenvalue weighted by Gasteiger charge is 2.23. The van der Waals surface area contributed by atoms with Crippen LogP contribution in [0.15, 0.2) is 42.9 Å². The van der Waals surface area contributed by atoms with E-state index in [2.05, 4.69) is 20.3 Å². The van der Waals surface area contributed by atoms with Crippen molar-refractivity contribution < 1.29 is 13.5 Å². The maximum Gasteiger partial charge on any atom is 0.162 e. The van der Waals surface area contributed by atoms with Crippen LogP contribution in [0.2, 0.25) is 0 Å². The van der Waals surface area contributed by atoms with Gasteiger partial charge in [-0.25, -0.2) is 18.7 Å². The van der Waals surface area contributed by atoms with Gasteiger partial charge in [0.25, 0.3) is 0 Å². The molecule has 1 aromatic carbocycles. The Morgan fingerprint density at radius 3 is 2.60 bits per heavy atom. The van der Waals surface area contributed by atoms with Crippen LogP contribution in [0, 0.1) is 18.6 Å². The Morgan fingerprint density at radius 2 is 1.90 bits per heavy atom. The molecule has 2 aromatic heterocycles. The molecule has 1 atom stereocenters. The first-order valence-corrected chi connectivity index (χ1v) is 10.1. The minimum absolute atomic E-state index is 0.0845. The fourth-order valence-electron chi connectivity index (χ4n) is 3.30. The minimum Gasteiger partial charge on any atom is -0.490 e. The van der Waals surface area contributed by atoms with Gasteiger partial charge in [-0.3, -0.25) is 4.98 Å². The van der Waals surface area contributed by atoms with E-state index >= 15 is 0 Å². The molecule has 1 aliphatic carbocycles. The number of benzene rings is 1. The zero-order valence-corrected chi connectivity index (χ0v) is 17.0. The van der Waals surface area contributed by atoms with Gasteiger partial charge in [0.2, 0.25) is 0 Å². The Hall–Kier alpha value is -3.09. The molecule has 1 fully saturated rings. The number of nitrogens with zero attached hydrogens (tertiary/aromatic N) is 3. The van der Waals surface area contributed by atoms with Gasteiger partial charge in [-0.15, -0.1) is 0 Å². The third-order valence-electron chi connectivity index (χ3n) is 5.39. The number of aromatic nitrogens is 3. The van der Waals surface area contributed by atoms with Crippen LogP contribution in [0.25, 0.3) is 11.3 Å². The maximum absolute atomic E-state index is 13.9. The number of nitrogens with one attached hydrogen (secondary N) is 1. The van der Waals surface area contributed by atoms with Gasteiger partial charge in [0.05, 0.1) is 11.8 Å². The second-order valence-corrected chi connectivity index (χ2v) is 7.73. The fraction of sp³-hybridized carbons (Fsp3) is 0.348. The first kappa shape index (κ1) is 20.2. The monoisotopic (exact) mass is 410 g/mol. The van der Waals surface area contributed by atoms with Crippen LogP contribution in [-0.2, 0) is 0 Å². The maximum atomic E-state index is 13.9. The molecular formula is C23H24F2N4O. The Bertz CT molecular complexity index is 1020. The molecule has 1 unspecified atom stereocenters. The van der Waals surface area contributed by atoms with Gasteiger partial charge in [0.1, 0.15) is 17.9 Å². The van der Waals surface area contributed by atoms with Crippen molar-refractivity contribution in [2.45, 2.75) is 45.1 Å². The molecule has 30 heavy (non-hydrogen) atoms. The molecule has 0 bridgehead atoms. The van der Waals surface area contributed by atoms with E-state index in [9.17, 15) is 8.78 Å². The molecule has 3 aromatic rings. The van der Waals surface area contributed by atoms with E-state index in [0.717, 1.165) is 42.3 Å². The van der Waals surface area contributed by atoms with E-state index in [0.29, 0.717) is 23.7 Å². The third kappa shape index (κ3) is 4.56. The van der Waals surface area contributed by atoms with E-state index in [1.807, 2.05) is 32.0 Å². The first-order valence-electron chi connectivity index (χ1n) is 10.1. The van der Waals surface area contributed by atoms with E-state index < -0.39 is 11.6 Å². The van der Waals surface area contributed by atoms with E-state index in [1.54, 1.807) is 6.20 Å². The van der Waals surface area contributed by atoms with Crippen molar-refractivity contribution in [2.75, 3.05) is 11.9 Å². The summed E-state index contributed by atoms with van der Waals surface area (Å²) in [4.78, 5) is 12.9. The molecule has 0 spiro atoms. The Balaban J connectivity index is 1.48. The Labute approximate surface area is 174 Å². The number of pyridine rings is 1. The predicted octanol–water partition coefficient (Wildman–Crippen LogP) is 5.27. The van der Waals surface area contributed by atoms with Gasteiger partial charge in [0.15, 0.2) is 11.6 Å². The number of halogens is 2. The quantitative estimate of drug-likeness (QED) is 0.575. The molecule has 2 heterocycles. The lowest BCUT2D eigenvalue weighted by atomic mass is 9.95. The van der Waals surface area contributed by atoms with Crippen LogP contribution >= 0.6 is 0 Å². The van der Waals surface area contributed by atoms with Crippen LogP contribution in [-0.4, -0.2) is 27.6 Å². The zero-order valence-electron chi connectivity index (χ0n) is 17.0. The first-order chi connectivity index (χ1) is 14.5. The zero-order chi connectivity index (χ0) is 21.1. The summed E-state index contributed by atoms with van der Waals surface area (Å²) in [6.45, 7) is 4.35. The summed E-state index contributed by atoms with van der Waals surface area (Å²) >= 11 is 0. The van der Waals surface area contributed by atoms with Gasteiger partial charge in [-0.2, -0.15) is 0 Å². The fourth-order valence-corrected chi connectivity index (χ4v) is 3.30. The van der Waals surface area contributed by atoms with Gasteiger partial charge in [-0.05, 0) is 44.4 Å². The lowest BCUT2D eigenvalue weighted by molar-refractivity contribution is 0.118. The summed E-state index contributed by atoms with van der Waals surface area (Å²) in [5.74, 6) is -0.803. The summed E-state index contributed by atoms with van der Waals surface area (Å²) < 4.78 is 33.6. The van der Waals surface area contributed by atoms with Crippen molar-refractivity contribution in [3.05, 3.63) is 65.7 Å². The summed E-state index contributed by atoms with van der Waals surface area (Å²) in [5, 5.41) is 3.26. The molecule has 1 N–H and O–H groups in total. The second-order valence-electron chi connectivity index (χ2n) is 7.73. The number of rotatable bonds is 7. The molecule has 7 heteroatoms. The van der Waals surface area contributed by atoms with Crippen molar-refractivity contribution in [2.24, 2.45) is 0 Å². The van der Waals surface area contributed by atoms with Gasteiger partial charge in [-0.1, -0.05) is 6.92 Å². The highest BCUT2D eigenvalue weighted by molar-refractivity contribution is 5.61. The van der Waals surface area contributed by atoms with Crippen LogP contribution in [0.1, 0.15) is 43.4 Å². The number of aryl methyl sites for hydroxylation is 1. The summed E-state index contributed by atoms with van der Waals surface area (Å²) in [7, 11) is 0. The summed E-state index contributed by atoms with van der Waals surface area (Å²) in [6, 6.07) is 8.13. The largest absolute Gasteiger partial charge is 0.490 e. The molecule has 0 radical (unpaired) electrons. The molecule has 0 aliphatic heterocycles. The number of ether oxygens (including phenoxy) is 1. The van der Waals surface area contributed by atoms with Crippen molar-refractivity contribution in [3.8, 4) is 17.0 Å². The van der Waals surface area contributed by atoms with Crippen LogP contribution in [0.4, 0.5) is 14.6 Å². The predicted molar refractivity (Wildman–Crippen MR) is 112 cm³/mol. The van der Waals surface area contributed by atoms with Gasteiger partial charge < -0.3 is 10.1 Å². The van der Waals surface area contributed by atoms with Crippen molar-refractivity contribution in [1.82, 2.24) is 15.0 Å². The molecule has 1 aliphatic rings. The van der Waals surface area contributed by atoms with Crippen LogP contribution in [0.3, 0.4) is 0 Å². The average molecular weight is 410 g/mol. The molecule has 156 valence electrons. The molecule has 0 saturated heterocycles. The molecular weight excluding hydrogens is 386 g/mol. The average Bonchev–Trinajstić information content (AvgIpc) is 2.72. The Morgan fingerprint density at radius 1 is 1.10 bits per heavy atom. The number of hydrogen-bond acceptors (Lipinski definition) is 5. The highest BCUT2D eigenvalue weighted by Crippen LogP contribution is 2.33. The second kappa shape index (κ2) is 8.73. The molecule has 0 amide bonds. The minimum atomic E-state index is -0.889. The molecule has 4 rings (SSSR count). The summed E-state index contributed by atoms with van der Waals surface area (Å²) in [6.07, 6.45) is 6.35. The number of anilines is 1. The number of hydrogen-bond donors (Lipinski definition) is 1. The van der Waals surface area contributed by atoms with Crippen LogP contribution < -0.4 is 10.1 Å². The normalized spacial score (nSPS) is 14.8. The van der Waals surface area contributed by atoms with Gasteiger partial charge in [0, 0.05) is 47.6 Å². The van der Waals surface area contributed by atoms with E-state index in [-0.39, 0.29) is 12.0 Å². The van der Waals surface area contributed by atoms with Crippen LogP contribution in [0.5, 0.6) is 5.75 Å². The van der Waals surface area contributed by atoms with Crippen molar-refractivity contribution in [3.63, 3.8) is 0 Å². The topological polar surface area (TPSA) is 59.9 Å². The smallest absolute Gasteiger partial charge is 0.162 e. The van der Waals surface area contributed by atoms with E-state index in [1.165, 1.54) is 12.4 Å². The lowest BCUT2D eigenvalue weighted by Gasteiger charge is -2.28.